The molecule has 13 nitrogen and oxygen atoms in total. The van der Waals surface area contributed by atoms with Gasteiger partial charge in [0.25, 0.3) is 10.1 Å². The van der Waals surface area contributed by atoms with Gasteiger partial charge in [0.1, 0.15) is 28.2 Å². The highest BCUT2D eigenvalue weighted by atomic mass is 32.2. The van der Waals surface area contributed by atoms with Gasteiger partial charge in [-0.1, -0.05) is 41.5 Å². The summed E-state index contributed by atoms with van der Waals surface area (Å²) in [4.78, 5) is 30.0. The molecule has 5 N–H and O–H groups in total. The van der Waals surface area contributed by atoms with E-state index in [1.54, 1.807) is 12.1 Å². The van der Waals surface area contributed by atoms with Crippen molar-refractivity contribution in [3.8, 4) is 28.3 Å². The molecule has 0 saturated carbocycles. The number of carbonyl (C=O) groups excluding carboxylic acids is 2. The summed E-state index contributed by atoms with van der Waals surface area (Å²) in [5, 5.41) is 36.6. The van der Waals surface area contributed by atoms with Gasteiger partial charge in [-0.25, -0.2) is 0 Å². The molecular weight excluding hydrogens is 636 g/mol. The van der Waals surface area contributed by atoms with Crippen LogP contribution in [0.4, 0.5) is 5.69 Å². The number of nitrogens with one attached hydrogen (secondary N) is 2. The number of hydrogen-bond acceptors (Lipinski definition) is 9. The molecule has 2 heterocycles. The Labute approximate surface area is 277 Å². The zero-order chi connectivity index (χ0) is 35.2. The van der Waals surface area contributed by atoms with Crippen LogP contribution in [0, 0.1) is 0 Å². The molecule has 48 heavy (non-hydrogen) atoms. The number of aromatic nitrogens is 4. The highest BCUT2D eigenvalue weighted by Crippen LogP contribution is 2.43. The van der Waals surface area contributed by atoms with E-state index in [-0.39, 0.29) is 45.2 Å². The molecule has 0 aliphatic rings. The zero-order valence-corrected chi connectivity index (χ0v) is 28.0. The maximum atomic E-state index is 12.8. The Morgan fingerprint density at radius 3 is 1.94 bits per heavy atom. The fourth-order valence-electron chi connectivity index (χ4n) is 5.12. The lowest BCUT2D eigenvalue weighted by Gasteiger charge is -2.28. The number of amides is 2. The van der Waals surface area contributed by atoms with Crippen LogP contribution in [0.1, 0.15) is 58.2 Å². The van der Waals surface area contributed by atoms with E-state index in [4.69, 9.17) is 0 Å². The predicted molar refractivity (Wildman–Crippen MR) is 180 cm³/mol. The summed E-state index contributed by atoms with van der Waals surface area (Å²) in [6.07, 6.45) is 2.93. The number of pyridine rings is 1. The molecule has 250 valence electrons. The molecule has 0 fully saturated rings. The van der Waals surface area contributed by atoms with Gasteiger partial charge in [0, 0.05) is 41.3 Å². The Kier molecular flexibility index (Phi) is 8.75. The van der Waals surface area contributed by atoms with Crippen LogP contribution in [0.15, 0.2) is 71.9 Å². The van der Waals surface area contributed by atoms with Crippen molar-refractivity contribution in [2.75, 3.05) is 5.32 Å². The van der Waals surface area contributed by atoms with Crippen molar-refractivity contribution < 1.29 is 32.8 Å². The van der Waals surface area contributed by atoms with Crippen molar-refractivity contribution in [1.29, 1.82) is 0 Å². The summed E-state index contributed by atoms with van der Waals surface area (Å²) in [6, 6.07) is 13.8. The first kappa shape index (κ1) is 34.0. The average Bonchev–Trinajstić information content (AvgIpc) is 3.43. The molecule has 0 aliphatic carbocycles. The van der Waals surface area contributed by atoms with Crippen LogP contribution in [0.3, 0.4) is 0 Å². The number of benzene rings is 3. The van der Waals surface area contributed by atoms with Gasteiger partial charge >= 0.3 is 11.8 Å². The fraction of sp³-hybridized carbons (Fsp3) is 0.265. The highest BCUT2D eigenvalue weighted by Gasteiger charge is 2.28. The Morgan fingerprint density at radius 2 is 1.35 bits per heavy atom. The predicted octanol–water partition coefficient (Wildman–Crippen LogP) is 4.99. The van der Waals surface area contributed by atoms with Crippen LogP contribution < -0.4 is 10.6 Å². The summed E-state index contributed by atoms with van der Waals surface area (Å²) < 4.78 is 33.0. The molecule has 0 spiro atoms. The summed E-state index contributed by atoms with van der Waals surface area (Å²) in [7, 11) is -4.51. The molecule has 0 atom stereocenters. The van der Waals surface area contributed by atoms with Gasteiger partial charge in [0.2, 0.25) is 0 Å². The van der Waals surface area contributed by atoms with Crippen molar-refractivity contribution in [1.82, 2.24) is 25.3 Å². The monoisotopic (exact) mass is 672 g/mol. The third-order valence-corrected chi connectivity index (χ3v) is 8.53. The van der Waals surface area contributed by atoms with Gasteiger partial charge < -0.3 is 20.8 Å². The first-order valence-electron chi connectivity index (χ1n) is 14.9. The van der Waals surface area contributed by atoms with E-state index in [1.807, 2.05) is 53.7 Å². The van der Waals surface area contributed by atoms with Gasteiger partial charge in [0.15, 0.2) is 0 Å². The van der Waals surface area contributed by atoms with E-state index in [2.05, 4.69) is 25.8 Å². The van der Waals surface area contributed by atoms with Crippen LogP contribution in [0.25, 0.3) is 27.8 Å². The summed E-state index contributed by atoms with van der Waals surface area (Å²) in [5.74, 6) is -2.00. The van der Waals surface area contributed by atoms with E-state index < -0.39 is 32.8 Å². The topological polar surface area (TPSA) is 197 Å². The number of carbonyl (C=O) groups is 2. The molecule has 3 aromatic carbocycles. The molecule has 14 heteroatoms. The van der Waals surface area contributed by atoms with E-state index in [1.165, 1.54) is 36.7 Å². The lowest BCUT2D eigenvalue weighted by atomic mass is 9.77. The van der Waals surface area contributed by atoms with Crippen LogP contribution >= 0.6 is 0 Å². The van der Waals surface area contributed by atoms with E-state index in [0.717, 1.165) is 10.9 Å². The summed E-state index contributed by atoms with van der Waals surface area (Å²) in [6.45, 7) is 11.6. The van der Waals surface area contributed by atoms with Gasteiger partial charge in [-0.05, 0) is 76.6 Å². The molecular formula is C34H36N6O7S. The minimum atomic E-state index is -4.51. The minimum absolute atomic E-state index is 0.0882. The largest absolute Gasteiger partial charge is 0.507 e. The van der Waals surface area contributed by atoms with Crippen molar-refractivity contribution in [2.45, 2.75) is 63.8 Å². The molecule has 0 unspecified atom stereocenters. The maximum Gasteiger partial charge on any atom is 0.313 e. The first-order valence-corrected chi connectivity index (χ1v) is 16.4. The number of phenolic OH excluding ortho intramolecular Hbond substituents is 2. The van der Waals surface area contributed by atoms with Crippen LogP contribution in [0.2, 0.25) is 0 Å². The van der Waals surface area contributed by atoms with Gasteiger partial charge in [-0.15, -0.1) is 15.0 Å². The molecule has 0 radical (unpaired) electrons. The van der Waals surface area contributed by atoms with E-state index in [0.29, 0.717) is 27.9 Å². The van der Waals surface area contributed by atoms with Crippen molar-refractivity contribution in [3.63, 3.8) is 0 Å². The van der Waals surface area contributed by atoms with Crippen molar-refractivity contribution in [2.24, 2.45) is 0 Å². The molecule has 2 aromatic heterocycles. The van der Waals surface area contributed by atoms with Crippen LogP contribution in [-0.2, 0) is 37.1 Å². The Morgan fingerprint density at radius 1 is 0.771 bits per heavy atom. The van der Waals surface area contributed by atoms with Gasteiger partial charge in [-0.3, -0.25) is 19.1 Å². The quantitative estimate of drug-likeness (QED) is 0.121. The molecule has 0 bridgehead atoms. The lowest BCUT2D eigenvalue weighted by Crippen LogP contribution is -2.35. The Balaban J connectivity index is 1.64. The second-order valence-corrected chi connectivity index (χ2v) is 14.8. The molecule has 0 saturated heterocycles. The number of hydrogen-bond donors (Lipinski definition) is 5. The number of aromatic hydroxyl groups is 2. The third kappa shape index (κ3) is 7.14. The second kappa shape index (κ2) is 12.4. The highest BCUT2D eigenvalue weighted by molar-refractivity contribution is 7.85. The number of nitrogens with zero attached hydrogens (tertiary/aromatic N) is 4. The normalized spacial score (nSPS) is 12.2. The first-order chi connectivity index (χ1) is 22.3. The molecule has 5 aromatic rings. The number of fused-ring (bicyclic) bond motifs is 1. The SMILES string of the molecule is CC(C)(C)c1cc(-c2cc(CNC(=O)C(=O)Nc3ccncc3)c(O)c(-n3nc4ccc(S(=O)(=O)O)cc4n3)c2)cc(C(C)(C)C)c1O. The third-order valence-electron chi connectivity index (χ3n) is 7.68. The lowest BCUT2D eigenvalue weighted by molar-refractivity contribution is -0.136. The second-order valence-electron chi connectivity index (χ2n) is 13.4. The average molecular weight is 673 g/mol. The zero-order valence-electron chi connectivity index (χ0n) is 27.2. The maximum absolute atomic E-state index is 12.8. The minimum Gasteiger partial charge on any atom is -0.507 e. The van der Waals surface area contributed by atoms with Gasteiger partial charge in [0.05, 0.1) is 4.90 Å². The molecule has 5 rings (SSSR count). The van der Waals surface area contributed by atoms with E-state index in [9.17, 15) is 32.8 Å². The summed E-state index contributed by atoms with van der Waals surface area (Å²) >= 11 is 0. The Hall–Kier alpha value is -5.34. The standard InChI is InChI=1S/C34H36N6O7S/c1-33(2,3)24-14-20(15-25(30(24)42)34(4,5)6)19-13-21(18-36-31(43)32(44)37-22-9-11-35-12-10-22)29(41)28(16-19)40-38-26-8-7-23(48(45,46)47)17-27(26)39-40/h7-17,41-42H,18H2,1-6H3,(H,36,43)(H,35,37,44)(H,45,46,47). The van der Waals surface area contributed by atoms with E-state index >= 15 is 0 Å². The number of phenols is 2. The van der Waals surface area contributed by atoms with Crippen molar-refractivity contribution >= 4 is 38.7 Å². The molecule has 2 amide bonds. The summed E-state index contributed by atoms with van der Waals surface area (Å²) in [5.41, 5.74) is 2.88. The molecule has 0 aliphatic heterocycles. The number of rotatable bonds is 6. The van der Waals surface area contributed by atoms with Crippen LogP contribution in [0.5, 0.6) is 11.5 Å². The van der Waals surface area contributed by atoms with Crippen LogP contribution in [-0.4, -0.2) is 55.0 Å². The van der Waals surface area contributed by atoms with Gasteiger partial charge in [-0.2, -0.15) is 8.42 Å². The van der Waals surface area contributed by atoms with Crippen molar-refractivity contribution in [3.05, 3.63) is 83.7 Å². The smallest absolute Gasteiger partial charge is 0.313 e. The number of anilines is 1. The fourth-order valence-corrected chi connectivity index (χ4v) is 5.62. The Bertz CT molecular complexity index is 2130.